The van der Waals surface area contributed by atoms with Crippen molar-refractivity contribution in [1.82, 2.24) is 0 Å². The van der Waals surface area contributed by atoms with E-state index in [1.807, 2.05) is 0 Å². The van der Waals surface area contributed by atoms with Gasteiger partial charge in [-0.15, -0.1) is 0 Å². The Bertz CT molecular complexity index is 479. The maximum Gasteiger partial charge on any atom is 0.339 e. The molecular weight excluding hydrogens is 232 g/mol. The summed E-state index contributed by atoms with van der Waals surface area (Å²) in [4.78, 5) is 22.0. The summed E-state index contributed by atoms with van der Waals surface area (Å²) in [5, 5.41) is 19.5. The first-order valence-corrected chi connectivity index (χ1v) is 4.62. The predicted octanol–water partition coefficient (Wildman–Crippen LogP) is 1.89. The fourth-order valence-electron chi connectivity index (χ4n) is 1.11. The Morgan fingerprint density at radius 2 is 2.19 bits per heavy atom. The fraction of sp³-hybridized carbons (Fsp3) is 0.100. The molecule has 0 aliphatic rings. The Morgan fingerprint density at radius 3 is 2.75 bits per heavy atom. The van der Waals surface area contributed by atoms with Gasteiger partial charge in [0.1, 0.15) is 12.0 Å². The third kappa shape index (κ3) is 2.72. The summed E-state index contributed by atoms with van der Waals surface area (Å²) in [5.74, 6) is -1.81. The van der Waals surface area contributed by atoms with Gasteiger partial charge in [0.25, 0.3) is 0 Å². The van der Waals surface area contributed by atoms with Crippen LogP contribution in [0.25, 0.3) is 0 Å². The highest BCUT2D eigenvalue weighted by Gasteiger charge is 2.15. The first-order chi connectivity index (χ1) is 7.56. The number of hydrogen-bond acceptors (Lipinski definition) is 3. The van der Waals surface area contributed by atoms with Gasteiger partial charge in [0, 0.05) is 0 Å². The number of carbonyl (C=O) groups is 2. The molecule has 1 aromatic carbocycles. The molecule has 0 aliphatic carbocycles. The van der Waals surface area contributed by atoms with Gasteiger partial charge in [-0.1, -0.05) is 17.7 Å². The van der Waals surface area contributed by atoms with Crippen LogP contribution in [0.15, 0.2) is 18.2 Å². The minimum Gasteiger partial charge on any atom is -0.478 e. The van der Waals surface area contributed by atoms with E-state index >= 15 is 0 Å². The molecule has 0 aromatic heterocycles. The molecule has 82 valence electrons. The van der Waals surface area contributed by atoms with Crippen molar-refractivity contribution in [2.75, 3.05) is 5.32 Å². The predicted molar refractivity (Wildman–Crippen MR) is 57.3 cm³/mol. The van der Waals surface area contributed by atoms with Crippen LogP contribution in [0.3, 0.4) is 0 Å². The smallest absolute Gasteiger partial charge is 0.339 e. The van der Waals surface area contributed by atoms with Crippen molar-refractivity contribution in [3.63, 3.8) is 0 Å². The number of carbonyl (C=O) groups excluding carboxylic acids is 1. The van der Waals surface area contributed by atoms with Crippen LogP contribution in [0.2, 0.25) is 5.02 Å². The summed E-state index contributed by atoms with van der Waals surface area (Å²) in [7, 11) is 0. The highest BCUT2D eigenvalue weighted by molar-refractivity contribution is 6.34. The normalized spacial score (nSPS) is 9.25. The summed E-state index contributed by atoms with van der Waals surface area (Å²) in [6, 6.07) is 5.98. The van der Waals surface area contributed by atoms with Crippen molar-refractivity contribution in [2.24, 2.45) is 0 Å². The first-order valence-electron chi connectivity index (χ1n) is 4.25. The van der Waals surface area contributed by atoms with Gasteiger partial charge in [0.2, 0.25) is 5.91 Å². The summed E-state index contributed by atoms with van der Waals surface area (Å²) in [5.41, 5.74) is -0.101. The van der Waals surface area contributed by atoms with E-state index in [9.17, 15) is 9.59 Å². The zero-order valence-corrected chi connectivity index (χ0v) is 8.78. The average molecular weight is 239 g/mol. The molecule has 1 amide bonds. The number of nitrogens with one attached hydrogen (secondary N) is 1. The number of anilines is 1. The maximum absolute atomic E-state index is 11.1. The Morgan fingerprint density at radius 1 is 1.50 bits per heavy atom. The SMILES string of the molecule is N#CCC(=O)Nc1cccc(Cl)c1C(=O)O. The van der Waals surface area contributed by atoms with Crippen LogP contribution in [0.4, 0.5) is 5.69 Å². The van der Waals surface area contributed by atoms with Crippen LogP contribution in [-0.2, 0) is 4.79 Å². The van der Waals surface area contributed by atoms with E-state index in [1.165, 1.54) is 18.2 Å². The molecule has 0 aliphatic heterocycles. The second kappa shape index (κ2) is 5.14. The molecule has 1 rings (SSSR count). The number of benzene rings is 1. The van der Waals surface area contributed by atoms with Crippen LogP contribution >= 0.6 is 11.6 Å². The quantitative estimate of drug-likeness (QED) is 0.841. The zero-order chi connectivity index (χ0) is 12.1. The molecule has 0 heterocycles. The number of carboxylic acids is 1. The first kappa shape index (κ1) is 12.0. The lowest BCUT2D eigenvalue weighted by molar-refractivity contribution is -0.115. The van der Waals surface area contributed by atoms with Gasteiger partial charge in [-0.2, -0.15) is 5.26 Å². The Balaban J connectivity index is 3.05. The second-order valence-electron chi connectivity index (χ2n) is 2.85. The summed E-state index contributed by atoms with van der Waals surface area (Å²) in [6.07, 6.45) is -0.342. The number of aromatic carboxylic acids is 1. The topological polar surface area (TPSA) is 90.2 Å². The van der Waals surface area contributed by atoms with Crippen LogP contribution in [-0.4, -0.2) is 17.0 Å². The number of halogens is 1. The summed E-state index contributed by atoms with van der Waals surface area (Å²) >= 11 is 5.69. The van der Waals surface area contributed by atoms with Crippen molar-refractivity contribution in [1.29, 1.82) is 5.26 Å². The van der Waals surface area contributed by atoms with Gasteiger partial charge in [-0.3, -0.25) is 4.79 Å². The molecule has 0 atom stereocenters. The lowest BCUT2D eigenvalue weighted by Gasteiger charge is -2.07. The van der Waals surface area contributed by atoms with E-state index < -0.39 is 11.9 Å². The van der Waals surface area contributed by atoms with E-state index in [2.05, 4.69) is 5.32 Å². The Hall–Kier alpha value is -2.06. The molecule has 0 bridgehead atoms. The minimum absolute atomic E-state index is 0.0299. The standard InChI is InChI=1S/C10H7ClN2O3/c11-6-2-1-3-7(9(6)10(15)16)13-8(14)4-5-12/h1-3H,4H2,(H,13,14)(H,15,16). The van der Waals surface area contributed by atoms with Crippen molar-refractivity contribution in [3.8, 4) is 6.07 Å². The summed E-state index contributed by atoms with van der Waals surface area (Å²) in [6.45, 7) is 0. The van der Waals surface area contributed by atoms with Gasteiger partial charge < -0.3 is 10.4 Å². The lowest BCUT2D eigenvalue weighted by atomic mass is 10.1. The third-order valence-corrected chi connectivity index (χ3v) is 2.06. The van der Waals surface area contributed by atoms with Gasteiger partial charge in [-0.05, 0) is 12.1 Å². The zero-order valence-electron chi connectivity index (χ0n) is 8.03. The van der Waals surface area contributed by atoms with Crippen LogP contribution in [0.5, 0.6) is 0 Å². The van der Waals surface area contributed by atoms with Crippen molar-refractivity contribution < 1.29 is 14.7 Å². The molecule has 5 nitrogen and oxygen atoms in total. The minimum atomic E-state index is -1.24. The molecule has 16 heavy (non-hydrogen) atoms. The van der Waals surface area contributed by atoms with Gasteiger partial charge >= 0.3 is 5.97 Å². The van der Waals surface area contributed by atoms with Crippen molar-refractivity contribution >= 4 is 29.2 Å². The van der Waals surface area contributed by atoms with Crippen molar-refractivity contribution in [2.45, 2.75) is 6.42 Å². The molecule has 0 unspecified atom stereocenters. The molecule has 2 N–H and O–H groups in total. The van der Waals surface area contributed by atoms with E-state index in [-0.39, 0.29) is 22.7 Å². The second-order valence-corrected chi connectivity index (χ2v) is 3.26. The largest absolute Gasteiger partial charge is 0.478 e. The average Bonchev–Trinajstić information content (AvgIpc) is 2.17. The molecule has 0 spiro atoms. The number of rotatable bonds is 3. The number of hydrogen-bond donors (Lipinski definition) is 2. The number of nitrogens with zero attached hydrogens (tertiary/aromatic N) is 1. The highest BCUT2D eigenvalue weighted by Crippen LogP contribution is 2.24. The molecule has 0 radical (unpaired) electrons. The molecule has 0 saturated heterocycles. The Labute approximate surface area is 96.3 Å². The van der Waals surface area contributed by atoms with Crippen LogP contribution in [0.1, 0.15) is 16.8 Å². The van der Waals surface area contributed by atoms with E-state index in [0.29, 0.717) is 0 Å². The van der Waals surface area contributed by atoms with Gasteiger partial charge in [0.05, 0.1) is 16.8 Å². The van der Waals surface area contributed by atoms with Gasteiger partial charge in [-0.25, -0.2) is 4.79 Å². The molecule has 6 heteroatoms. The molecular formula is C10H7ClN2O3. The molecule has 0 fully saturated rings. The molecule has 0 saturated carbocycles. The number of carboxylic acid groups (broad SMARTS) is 1. The third-order valence-electron chi connectivity index (χ3n) is 1.74. The van der Waals surface area contributed by atoms with Gasteiger partial charge in [0.15, 0.2) is 0 Å². The Kier molecular flexibility index (Phi) is 3.86. The number of amides is 1. The van der Waals surface area contributed by atoms with E-state index in [4.69, 9.17) is 22.0 Å². The summed E-state index contributed by atoms with van der Waals surface area (Å²) < 4.78 is 0. The van der Waals surface area contributed by atoms with Crippen LogP contribution in [0, 0.1) is 11.3 Å². The number of nitriles is 1. The van der Waals surface area contributed by atoms with Crippen LogP contribution < -0.4 is 5.32 Å². The highest BCUT2D eigenvalue weighted by atomic mass is 35.5. The van der Waals surface area contributed by atoms with E-state index in [0.717, 1.165) is 0 Å². The molecule has 1 aromatic rings. The van der Waals surface area contributed by atoms with Crippen molar-refractivity contribution in [3.05, 3.63) is 28.8 Å². The monoisotopic (exact) mass is 238 g/mol. The lowest BCUT2D eigenvalue weighted by Crippen LogP contribution is -2.13. The fourth-order valence-corrected chi connectivity index (χ4v) is 1.37. The van der Waals surface area contributed by atoms with E-state index in [1.54, 1.807) is 6.07 Å². The maximum atomic E-state index is 11.1.